The van der Waals surface area contributed by atoms with Gasteiger partial charge in [0.25, 0.3) is 0 Å². The molecule has 0 saturated carbocycles. The van der Waals surface area contributed by atoms with Crippen LogP contribution in [0.3, 0.4) is 0 Å². The maximum Gasteiger partial charge on any atom is 0.335 e. The molecule has 0 amide bonds. The molecule has 2 aromatic carbocycles. The van der Waals surface area contributed by atoms with Crippen LogP contribution in [-0.4, -0.2) is 32.0 Å². The molecule has 1 N–H and O–H groups in total. The van der Waals surface area contributed by atoms with Gasteiger partial charge in [-0.05, 0) is 35.9 Å². The lowest BCUT2D eigenvalue weighted by Gasteiger charge is -2.13. The van der Waals surface area contributed by atoms with Crippen molar-refractivity contribution in [1.29, 1.82) is 0 Å². The summed E-state index contributed by atoms with van der Waals surface area (Å²) in [6.45, 7) is 3.84. The SMILES string of the molecule is C=C(CCl)COc1ccc(C(=O)O)cc1CS(=O)(=O)c1ccccc1. The highest BCUT2D eigenvalue weighted by atomic mass is 35.5. The van der Waals surface area contributed by atoms with Gasteiger partial charge in [0.05, 0.1) is 16.2 Å². The topological polar surface area (TPSA) is 80.7 Å². The van der Waals surface area contributed by atoms with Gasteiger partial charge in [0.2, 0.25) is 0 Å². The Morgan fingerprint density at radius 3 is 2.44 bits per heavy atom. The zero-order chi connectivity index (χ0) is 18.4. The molecule has 0 aromatic heterocycles. The zero-order valence-electron chi connectivity index (χ0n) is 13.3. The number of aromatic carboxylic acids is 1. The lowest BCUT2D eigenvalue weighted by atomic mass is 10.1. The van der Waals surface area contributed by atoms with Crippen LogP contribution in [0.25, 0.3) is 0 Å². The van der Waals surface area contributed by atoms with Gasteiger partial charge in [0.15, 0.2) is 9.84 Å². The third-order valence-corrected chi connectivity index (χ3v) is 5.44. The third-order valence-electron chi connectivity index (χ3n) is 3.38. The number of hydrogen-bond acceptors (Lipinski definition) is 4. The van der Waals surface area contributed by atoms with Crippen LogP contribution in [0.1, 0.15) is 15.9 Å². The van der Waals surface area contributed by atoms with E-state index in [-0.39, 0.29) is 40.0 Å². The summed E-state index contributed by atoms with van der Waals surface area (Å²) in [6.07, 6.45) is 0. The van der Waals surface area contributed by atoms with Crippen LogP contribution in [0, 0.1) is 0 Å². The van der Waals surface area contributed by atoms with Crippen LogP contribution in [-0.2, 0) is 15.6 Å². The van der Waals surface area contributed by atoms with Crippen molar-refractivity contribution in [2.75, 3.05) is 12.5 Å². The van der Waals surface area contributed by atoms with Gasteiger partial charge in [-0.1, -0.05) is 24.8 Å². The second-order valence-corrected chi connectivity index (χ2v) is 7.63. The summed E-state index contributed by atoms with van der Waals surface area (Å²) < 4.78 is 30.7. The highest BCUT2D eigenvalue weighted by molar-refractivity contribution is 7.90. The van der Waals surface area contributed by atoms with E-state index in [1.165, 1.54) is 30.3 Å². The van der Waals surface area contributed by atoms with Crippen molar-refractivity contribution >= 4 is 27.4 Å². The maximum absolute atomic E-state index is 12.6. The normalized spacial score (nSPS) is 11.1. The Kier molecular flexibility index (Phi) is 6.22. The third kappa shape index (κ3) is 5.08. The minimum Gasteiger partial charge on any atom is -0.489 e. The van der Waals surface area contributed by atoms with Crippen LogP contribution < -0.4 is 4.74 Å². The van der Waals surface area contributed by atoms with E-state index in [1.807, 2.05) is 0 Å². The fourth-order valence-electron chi connectivity index (χ4n) is 2.10. The van der Waals surface area contributed by atoms with Gasteiger partial charge < -0.3 is 9.84 Å². The Bertz CT molecular complexity index is 876. The first-order chi connectivity index (χ1) is 11.8. The quantitative estimate of drug-likeness (QED) is 0.559. The van der Waals surface area contributed by atoms with Gasteiger partial charge in [-0.2, -0.15) is 0 Å². The van der Waals surface area contributed by atoms with Gasteiger partial charge in [0, 0.05) is 11.4 Å². The molecule has 0 bridgehead atoms. The molecule has 132 valence electrons. The summed E-state index contributed by atoms with van der Waals surface area (Å²) in [5, 5.41) is 9.15. The molecule has 25 heavy (non-hydrogen) atoms. The molecular weight excluding hydrogens is 364 g/mol. The molecule has 0 aliphatic carbocycles. The highest BCUT2D eigenvalue weighted by Crippen LogP contribution is 2.26. The van der Waals surface area contributed by atoms with E-state index in [2.05, 4.69) is 6.58 Å². The van der Waals surface area contributed by atoms with Crippen molar-refractivity contribution in [3.8, 4) is 5.75 Å². The van der Waals surface area contributed by atoms with Crippen LogP contribution in [0.15, 0.2) is 65.6 Å². The van der Waals surface area contributed by atoms with E-state index in [4.69, 9.17) is 21.4 Å². The minimum absolute atomic E-state index is 0.0122. The van der Waals surface area contributed by atoms with E-state index < -0.39 is 15.8 Å². The van der Waals surface area contributed by atoms with Gasteiger partial charge in [-0.15, -0.1) is 11.6 Å². The summed E-state index contributed by atoms with van der Waals surface area (Å²) in [5.74, 6) is -1.02. The number of ether oxygens (including phenoxy) is 1. The Labute approximate surface area is 151 Å². The summed E-state index contributed by atoms with van der Waals surface area (Å²) >= 11 is 5.66. The van der Waals surface area contributed by atoms with E-state index in [0.717, 1.165) is 0 Å². The summed E-state index contributed by atoms with van der Waals surface area (Å²) in [7, 11) is -3.64. The molecule has 0 atom stereocenters. The molecule has 5 nitrogen and oxygen atoms in total. The second kappa shape index (κ2) is 8.18. The number of alkyl halides is 1. The number of halogens is 1. The standard InChI is InChI=1S/C18H17ClO5S/c1-13(10-19)11-24-17-8-7-14(18(20)21)9-15(17)12-25(22,23)16-5-3-2-4-6-16/h2-9H,1,10-12H2,(H,20,21). The molecule has 0 saturated heterocycles. The van der Waals surface area contributed by atoms with Crippen LogP contribution >= 0.6 is 11.6 Å². The molecule has 0 heterocycles. The van der Waals surface area contributed by atoms with Crippen molar-refractivity contribution in [3.05, 3.63) is 71.8 Å². The van der Waals surface area contributed by atoms with Crippen molar-refractivity contribution < 1.29 is 23.1 Å². The molecule has 0 radical (unpaired) electrons. The monoisotopic (exact) mass is 380 g/mol. The Morgan fingerprint density at radius 1 is 1.16 bits per heavy atom. The molecule has 0 unspecified atom stereocenters. The molecule has 0 aliphatic heterocycles. The second-order valence-electron chi connectivity index (χ2n) is 5.37. The first-order valence-corrected chi connectivity index (χ1v) is 9.51. The number of sulfone groups is 1. The smallest absolute Gasteiger partial charge is 0.335 e. The highest BCUT2D eigenvalue weighted by Gasteiger charge is 2.19. The van der Waals surface area contributed by atoms with Gasteiger partial charge in [-0.25, -0.2) is 13.2 Å². The molecule has 0 spiro atoms. The summed E-state index contributed by atoms with van der Waals surface area (Å²) in [4.78, 5) is 11.3. The lowest BCUT2D eigenvalue weighted by molar-refractivity contribution is 0.0696. The van der Waals surface area contributed by atoms with Crippen LogP contribution in [0.5, 0.6) is 5.75 Å². The summed E-state index contributed by atoms with van der Waals surface area (Å²) in [6, 6.07) is 12.1. The average molecular weight is 381 g/mol. The minimum atomic E-state index is -3.64. The van der Waals surface area contributed by atoms with Crippen molar-refractivity contribution in [3.63, 3.8) is 0 Å². The number of carbonyl (C=O) groups is 1. The molecule has 2 aromatic rings. The van der Waals surface area contributed by atoms with E-state index in [9.17, 15) is 13.2 Å². The van der Waals surface area contributed by atoms with E-state index in [0.29, 0.717) is 5.57 Å². The first kappa shape index (κ1) is 19.0. The van der Waals surface area contributed by atoms with Crippen molar-refractivity contribution in [2.24, 2.45) is 0 Å². The average Bonchev–Trinajstić information content (AvgIpc) is 2.60. The fraction of sp³-hybridized carbons (Fsp3) is 0.167. The van der Waals surface area contributed by atoms with Gasteiger partial charge in [-0.3, -0.25) is 0 Å². The van der Waals surface area contributed by atoms with Gasteiger partial charge >= 0.3 is 5.97 Å². The van der Waals surface area contributed by atoms with Crippen LogP contribution in [0.4, 0.5) is 0 Å². The number of benzene rings is 2. The molecule has 0 aliphatic rings. The van der Waals surface area contributed by atoms with Gasteiger partial charge in [0.1, 0.15) is 12.4 Å². The van der Waals surface area contributed by atoms with Crippen molar-refractivity contribution in [2.45, 2.75) is 10.6 Å². The lowest BCUT2D eigenvalue weighted by Crippen LogP contribution is -2.10. The van der Waals surface area contributed by atoms with E-state index in [1.54, 1.807) is 18.2 Å². The van der Waals surface area contributed by atoms with Crippen LogP contribution in [0.2, 0.25) is 0 Å². The molecule has 0 fully saturated rings. The zero-order valence-corrected chi connectivity index (χ0v) is 14.9. The predicted molar refractivity (Wildman–Crippen MR) is 96.1 cm³/mol. The fourth-order valence-corrected chi connectivity index (χ4v) is 3.55. The number of rotatable bonds is 8. The number of carboxylic acid groups (broad SMARTS) is 1. The number of hydrogen-bond donors (Lipinski definition) is 1. The van der Waals surface area contributed by atoms with E-state index >= 15 is 0 Å². The first-order valence-electron chi connectivity index (χ1n) is 7.33. The molecule has 7 heteroatoms. The predicted octanol–water partition coefficient (Wildman–Crippen LogP) is 3.53. The Hall–Kier alpha value is -2.31. The molecular formula is C18H17ClO5S. The Morgan fingerprint density at radius 2 is 1.84 bits per heavy atom. The number of carboxylic acids is 1. The molecule has 2 rings (SSSR count). The maximum atomic E-state index is 12.6. The van der Waals surface area contributed by atoms with Crippen molar-refractivity contribution in [1.82, 2.24) is 0 Å². The summed E-state index contributed by atoms with van der Waals surface area (Å²) in [5.41, 5.74) is 0.883. The Balaban J connectivity index is 2.37. The largest absolute Gasteiger partial charge is 0.489 e.